The highest BCUT2D eigenvalue weighted by molar-refractivity contribution is 5.74. The van der Waals surface area contributed by atoms with E-state index in [1.54, 1.807) is 24.0 Å². The van der Waals surface area contributed by atoms with E-state index in [0.717, 1.165) is 13.0 Å². The first-order valence-corrected chi connectivity index (χ1v) is 4.94. The zero-order chi connectivity index (χ0) is 11.3. The predicted molar refractivity (Wildman–Crippen MR) is 54.6 cm³/mol. The Morgan fingerprint density at radius 2 is 2.40 bits per heavy atom. The van der Waals surface area contributed by atoms with Crippen molar-refractivity contribution in [1.82, 2.24) is 9.78 Å². The molecule has 15 heavy (non-hydrogen) atoms. The minimum Gasteiger partial charge on any atom is -0.476 e. The summed E-state index contributed by atoms with van der Waals surface area (Å²) in [4.78, 5) is 11.1. The van der Waals surface area contributed by atoms with Crippen molar-refractivity contribution in [2.24, 2.45) is 0 Å². The van der Waals surface area contributed by atoms with Crippen LogP contribution in [0, 0.1) is 0 Å². The molecule has 0 unspecified atom stereocenters. The first-order valence-electron chi connectivity index (χ1n) is 4.94. The van der Waals surface area contributed by atoms with Crippen molar-refractivity contribution in [3.8, 4) is 5.75 Å². The summed E-state index contributed by atoms with van der Waals surface area (Å²) in [6.45, 7) is 4.55. The van der Waals surface area contributed by atoms with Gasteiger partial charge in [0.2, 0.25) is 0 Å². The van der Waals surface area contributed by atoms with Crippen molar-refractivity contribution in [3.05, 3.63) is 12.4 Å². The standard InChI is InChI=1S/C10H16N2O3/c1-4-5-12-7-9(6-11-12)15-8(2)10(13)14-3/h6-8H,4-5H2,1-3H3/t8-/m0/s1. The van der Waals surface area contributed by atoms with Crippen molar-refractivity contribution in [2.75, 3.05) is 7.11 Å². The molecule has 0 fully saturated rings. The van der Waals surface area contributed by atoms with Crippen molar-refractivity contribution in [2.45, 2.75) is 32.9 Å². The Kier molecular flexibility index (Phi) is 4.15. The van der Waals surface area contributed by atoms with Gasteiger partial charge in [0.15, 0.2) is 11.9 Å². The maximum atomic E-state index is 11.1. The number of esters is 1. The molecule has 0 amide bonds. The molecule has 5 nitrogen and oxygen atoms in total. The summed E-state index contributed by atoms with van der Waals surface area (Å²) < 4.78 is 11.7. The normalized spacial score (nSPS) is 12.2. The topological polar surface area (TPSA) is 53.4 Å². The van der Waals surface area contributed by atoms with Gasteiger partial charge in [-0.2, -0.15) is 5.10 Å². The molecule has 0 aromatic carbocycles. The second kappa shape index (κ2) is 5.38. The Morgan fingerprint density at radius 3 is 3.00 bits per heavy atom. The number of carbonyl (C=O) groups excluding carboxylic acids is 1. The van der Waals surface area contributed by atoms with Gasteiger partial charge in [-0.25, -0.2) is 4.79 Å². The number of nitrogens with zero attached hydrogens (tertiary/aromatic N) is 2. The summed E-state index contributed by atoms with van der Waals surface area (Å²) >= 11 is 0. The van der Waals surface area contributed by atoms with Crippen LogP contribution in [0.4, 0.5) is 0 Å². The molecule has 1 atom stereocenters. The number of aryl methyl sites for hydroxylation is 1. The fraction of sp³-hybridized carbons (Fsp3) is 0.600. The van der Waals surface area contributed by atoms with E-state index in [-0.39, 0.29) is 0 Å². The first-order chi connectivity index (χ1) is 7.17. The first kappa shape index (κ1) is 11.6. The molecule has 0 aliphatic heterocycles. The van der Waals surface area contributed by atoms with Crippen LogP contribution in [-0.4, -0.2) is 29.0 Å². The van der Waals surface area contributed by atoms with Crippen LogP contribution in [0.25, 0.3) is 0 Å². The lowest BCUT2D eigenvalue weighted by Crippen LogP contribution is -2.24. The second-order valence-electron chi connectivity index (χ2n) is 3.22. The molecular weight excluding hydrogens is 196 g/mol. The number of hydrogen-bond acceptors (Lipinski definition) is 4. The SMILES string of the molecule is CCCn1cc(O[C@@H](C)C(=O)OC)cn1. The summed E-state index contributed by atoms with van der Waals surface area (Å²) in [5, 5.41) is 4.08. The smallest absolute Gasteiger partial charge is 0.346 e. The molecule has 0 spiro atoms. The summed E-state index contributed by atoms with van der Waals surface area (Å²) in [6, 6.07) is 0. The predicted octanol–water partition coefficient (Wildman–Crippen LogP) is 1.23. The van der Waals surface area contributed by atoms with Crippen LogP contribution in [0.2, 0.25) is 0 Å². The molecule has 1 aromatic heterocycles. The highest BCUT2D eigenvalue weighted by Gasteiger charge is 2.15. The average molecular weight is 212 g/mol. The molecule has 0 bridgehead atoms. The molecule has 1 aromatic rings. The lowest BCUT2D eigenvalue weighted by Gasteiger charge is -2.09. The second-order valence-corrected chi connectivity index (χ2v) is 3.22. The minimum atomic E-state index is -0.603. The van der Waals surface area contributed by atoms with Crippen LogP contribution in [0.1, 0.15) is 20.3 Å². The highest BCUT2D eigenvalue weighted by atomic mass is 16.6. The fourth-order valence-electron chi connectivity index (χ4n) is 1.18. The molecule has 1 heterocycles. The molecule has 0 saturated carbocycles. The number of hydrogen-bond donors (Lipinski definition) is 0. The van der Waals surface area contributed by atoms with Gasteiger partial charge >= 0.3 is 5.97 Å². The molecule has 0 aliphatic carbocycles. The van der Waals surface area contributed by atoms with Gasteiger partial charge in [0.1, 0.15) is 0 Å². The Balaban J connectivity index is 2.53. The van der Waals surface area contributed by atoms with Crippen molar-refractivity contribution >= 4 is 5.97 Å². The number of rotatable bonds is 5. The number of ether oxygens (including phenoxy) is 2. The van der Waals surface area contributed by atoms with E-state index < -0.39 is 12.1 Å². The van der Waals surface area contributed by atoms with Crippen LogP contribution in [-0.2, 0) is 16.1 Å². The Hall–Kier alpha value is -1.52. The lowest BCUT2D eigenvalue weighted by molar-refractivity contribution is -0.147. The number of methoxy groups -OCH3 is 1. The van der Waals surface area contributed by atoms with Crippen LogP contribution in [0.5, 0.6) is 5.75 Å². The van der Waals surface area contributed by atoms with Crippen LogP contribution >= 0.6 is 0 Å². The van der Waals surface area contributed by atoms with Crippen LogP contribution in [0.3, 0.4) is 0 Å². The third kappa shape index (κ3) is 3.27. The summed E-state index contributed by atoms with van der Waals surface area (Å²) in [5.74, 6) is 0.194. The van der Waals surface area contributed by atoms with E-state index in [1.807, 2.05) is 0 Å². The van der Waals surface area contributed by atoms with E-state index in [2.05, 4.69) is 16.8 Å². The lowest BCUT2D eigenvalue weighted by atomic mass is 10.4. The molecule has 0 N–H and O–H groups in total. The van der Waals surface area contributed by atoms with Gasteiger partial charge in [0.05, 0.1) is 19.5 Å². The summed E-state index contributed by atoms with van der Waals surface area (Å²) in [7, 11) is 1.34. The van der Waals surface area contributed by atoms with Gasteiger partial charge in [-0.1, -0.05) is 6.92 Å². The summed E-state index contributed by atoms with van der Waals surface area (Å²) in [6.07, 6.45) is 3.76. The third-order valence-electron chi connectivity index (χ3n) is 1.91. The Morgan fingerprint density at radius 1 is 1.67 bits per heavy atom. The minimum absolute atomic E-state index is 0.391. The summed E-state index contributed by atoms with van der Waals surface area (Å²) in [5.41, 5.74) is 0. The Bertz CT molecular complexity index is 322. The van der Waals surface area contributed by atoms with E-state index in [9.17, 15) is 4.79 Å². The van der Waals surface area contributed by atoms with Gasteiger partial charge in [-0.15, -0.1) is 0 Å². The van der Waals surface area contributed by atoms with E-state index >= 15 is 0 Å². The molecule has 0 saturated heterocycles. The maximum Gasteiger partial charge on any atom is 0.346 e. The van der Waals surface area contributed by atoms with Gasteiger partial charge in [0.25, 0.3) is 0 Å². The average Bonchev–Trinajstić information content (AvgIpc) is 2.65. The molecule has 0 radical (unpaired) electrons. The number of carbonyl (C=O) groups is 1. The molecule has 5 heteroatoms. The zero-order valence-corrected chi connectivity index (χ0v) is 9.27. The van der Waals surface area contributed by atoms with Gasteiger partial charge in [0, 0.05) is 6.54 Å². The zero-order valence-electron chi connectivity index (χ0n) is 9.27. The van der Waals surface area contributed by atoms with Crippen molar-refractivity contribution in [1.29, 1.82) is 0 Å². The van der Waals surface area contributed by atoms with Crippen molar-refractivity contribution in [3.63, 3.8) is 0 Å². The molecule has 1 rings (SSSR count). The van der Waals surface area contributed by atoms with E-state index in [0.29, 0.717) is 5.75 Å². The van der Waals surface area contributed by atoms with Gasteiger partial charge in [-0.05, 0) is 13.3 Å². The largest absolute Gasteiger partial charge is 0.476 e. The van der Waals surface area contributed by atoms with Gasteiger partial charge in [-0.3, -0.25) is 4.68 Å². The highest BCUT2D eigenvalue weighted by Crippen LogP contribution is 2.11. The fourth-order valence-corrected chi connectivity index (χ4v) is 1.18. The monoisotopic (exact) mass is 212 g/mol. The maximum absolute atomic E-state index is 11.1. The van der Waals surface area contributed by atoms with Crippen molar-refractivity contribution < 1.29 is 14.3 Å². The van der Waals surface area contributed by atoms with Crippen LogP contribution in [0.15, 0.2) is 12.4 Å². The quantitative estimate of drug-likeness (QED) is 0.689. The molecular formula is C10H16N2O3. The van der Waals surface area contributed by atoms with Gasteiger partial charge < -0.3 is 9.47 Å². The van der Waals surface area contributed by atoms with E-state index in [1.165, 1.54) is 7.11 Å². The third-order valence-corrected chi connectivity index (χ3v) is 1.91. The number of aromatic nitrogens is 2. The Labute approximate surface area is 89.0 Å². The van der Waals surface area contributed by atoms with E-state index in [4.69, 9.17) is 4.74 Å². The molecule has 0 aliphatic rings. The molecule has 84 valence electrons. The van der Waals surface area contributed by atoms with Crippen LogP contribution < -0.4 is 4.74 Å².